The number of amides is 1. The summed E-state index contributed by atoms with van der Waals surface area (Å²) in [6.45, 7) is 4.92. The lowest BCUT2D eigenvalue weighted by molar-refractivity contribution is 0.0530. The molecule has 1 aromatic carbocycles. The summed E-state index contributed by atoms with van der Waals surface area (Å²) < 4.78 is 24.2. The van der Waals surface area contributed by atoms with Gasteiger partial charge >= 0.3 is 6.09 Å². The largest absolute Gasteiger partial charge is 0.491 e. The molecular weight excluding hydrogens is 289 g/mol. The van der Waals surface area contributed by atoms with Crippen LogP contribution in [0.5, 0.6) is 5.75 Å². The third-order valence-electron chi connectivity index (χ3n) is 2.38. The molecule has 0 saturated carbocycles. The minimum atomic E-state index is -0.680. The zero-order valence-electron chi connectivity index (χ0n) is 13.1. The highest BCUT2D eigenvalue weighted by molar-refractivity contribution is 5.68. The van der Waals surface area contributed by atoms with Crippen molar-refractivity contribution in [1.29, 1.82) is 0 Å². The van der Waals surface area contributed by atoms with Crippen molar-refractivity contribution >= 4 is 12.2 Å². The predicted octanol–water partition coefficient (Wildman–Crippen LogP) is 2.89. The van der Waals surface area contributed by atoms with Crippen molar-refractivity contribution in [3.05, 3.63) is 35.7 Å². The van der Waals surface area contributed by atoms with Gasteiger partial charge in [0.2, 0.25) is 0 Å². The van der Waals surface area contributed by atoms with Gasteiger partial charge in [0.25, 0.3) is 0 Å². The van der Waals surface area contributed by atoms with Gasteiger partial charge < -0.3 is 19.9 Å². The van der Waals surface area contributed by atoms with Gasteiger partial charge in [0, 0.05) is 5.56 Å². The van der Waals surface area contributed by atoms with Gasteiger partial charge in [-0.25, -0.2) is 9.18 Å². The molecular formula is C16H22FNO4. The average molecular weight is 311 g/mol. The molecule has 0 bridgehead atoms. The van der Waals surface area contributed by atoms with E-state index in [0.717, 1.165) is 0 Å². The number of carbonyl (C=O) groups is 1. The van der Waals surface area contributed by atoms with Crippen LogP contribution < -0.4 is 10.1 Å². The first kappa shape index (κ1) is 18.0. The second kappa shape index (κ2) is 8.38. The van der Waals surface area contributed by atoms with E-state index in [9.17, 15) is 9.18 Å². The second-order valence-electron chi connectivity index (χ2n) is 5.56. The molecule has 0 aliphatic rings. The molecule has 0 aliphatic heterocycles. The number of hydrogen-bond acceptors (Lipinski definition) is 4. The fourth-order valence-corrected chi connectivity index (χ4v) is 1.58. The monoisotopic (exact) mass is 311 g/mol. The first-order valence-corrected chi connectivity index (χ1v) is 6.97. The average Bonchev–Trinajstić information content (AvgIpc) is 2.42. The van der Waals surface area contributed by atoms with Crippen LogP contribution >= 0.6 is 0 Å². The fourth-order valence-electron chi connectivity index (χ4n) is 1.58. The van der Waals surface area contributed by atoms with Gasteiger partial charge in [0.05, 0.1) is 13.2 Å². The Morgan fingerprint density at radius 3 is 2.68 bits per heavy atom. The molecule has 0 aromatic heterocycles. The molecule has 0 radical (unpaired) electrons. The molecule has 0 unspecified atom stereocenters. The Morgan fingerprint density at radius 1 is 1.36 bits per heavy atom. The van der Waals surface area contributed by atoms with Crippen molar-refractivity contribution in [3.8, 4) is 5.75 Å². The Hall–Kier alpha value is -2.08. The van der Waals surface area contributed by atoms with Crippen molar-refractivity contribution in [2.75, 3.05) is 19.8 Å². The minimum Gasteiger partial charge on any atom is -0.491 e. The van der Waals surface area contributed by atoms with Crippen LogP contribution in [0.15, 0.2) is 30.1 Å². The Balaban J connectivity index is 2.63. The van der Waals surface area contributed by atoms with Crippen LogP contribution in [-0.4, -0.2) is 36.6 Å². The smallest absolute Gasteiger partial charge is 0.408 e. The van der Waals surface area contributed by atoms with E-state index in [0.29, 0.717) is 11.3 Å². The van der Waals surface area contributed by atoms with Crippen LogP contribution in [0.2, 0.25) is 0 Å². The number of para-hydroxylation sites is 1. The summed E-state index contributed by atoms with van der Waals surface area (Å²) in [7, 11) is 0. The molecule has 5 nitrogen and oxygen atoms in total. The van der Waals surface area contributed by atoms with Crippen molar-refractivity contribution in [2.45, 2.75) is 26.4 Å². The molecule has 0 heterocycles. The molecule has 122 valence electrons. The normalized spacial score (nSPS) is 12.0. The van der Waals surface area contributed by atoms with Gasteiger partial charge in [-0.3, -0.25) is 0 Å². The fraction of sp³-hybridized carbons (Fsp3) is 0.438. The summed E-state index contributed by atoms with van der Waals surface area (Å²) in [5.41, 5.74) is -0.103. The first-order valence-electron chi connectivity index (χ1n) is 6.97. The number of hydrogen-bond donors (Lipinski definition) is 2. The Kier molecular flexibility index (Phi) is 6.85. The van der Waals surface area contributed by atoms with Gasteiger partial charge in [-0.15, -0.1) is 0 Å². The van der Waals surface area contributed by atoms with Crippen LogP contribution in [-0.2, 0) is 4.74 Å². The van der Waals surface area contributed by atoms with Crippen molar-refractivity contribution in [1.82, 2.24) is 5.32 Å². The van der Waals surface area contributed by atoms with E-state index >= 15 is 0 Å². The second-order valence-corrected chi connectivity index (χ2v) is 5.56. The number of halogens is 1. The van der Waals surface area contributed by atoms with Crippen LogP contribution in [0.1, 0.15) is 26.3 Å². The highest BCUT2D eigenvalue weighted by Crippen LogP contribution is 2.21. The van der Waals surface area contributed by atoms with Gasteiger partial charge in [0.15, 0.2) is 0 Å². The molecule has 0 atom stereocenters. The molecule has 1 aromatic rings. The highest BCUT2D eigenvalue weighted by Gasteiger charge is 2.16. The zero-order valence-corrected chi connectivity index (χ0v) is 13.1. The van der Waals surface area contributed by atoms with E-state index < -0.39 is 17.5 Å². The van der Waals surface area contributed by atoms with Gasteiger partial charge in [-0.05, 0) is 32.9 Å². The number of ether oxygens (including phenoxy) is 2. The molecule has 1 rings (SSSR count). The lowest BCUT2D eigenvalue weighted by atomic mass is 10.2. The van der Waals surface area contributed by atoms with Crippen molar-refractivity contribution < 1.29 is 23.8 Å². The maximum atomic E-state index is 13.9. The van der Waals surface area contributed by atoms with Crippen LogP contribution in [0.4, 0.5) is 9.18 Å². The topological polar surface area (TPSA) is 67.8 Å². The summed E-state index contributed by atoms with van der Waals surface area (Å²) in [5, 5.41) is 11.1. The molecule has 6 heteroatoms. The molecule has 0 saturated heterocycles. The summed E-state index contributed by atoms with van der Waals surface area (Å²) in [5.74, 6) is -0.0742. The Bertz CT molecular complexity index is 523. The van der Waals surface area contributed by atoms with E-state index in [1.807, 2.05) is 0 Å². The van der Waals surface area contributed by atoms with Crippen LogP contribution in [0.25, 0.3) is 6.08 Å². The van der Waals surface area contributed by atoms with E-state index in [1.165, 1.54) is 6.08 Å². The standard InChI is InChI=1S/C16H22FNO4/c1-16(2,3)22-15(20)18-11-13(17)10-12-6-4-5-7-14(12)21-9-8-19/h4-7,10,19H,8-9,11H2,1-3H3,(H,18,20). The lowest BCUT2D eigenvalue weighted by Crippen LogP contribution is -2.33. The summed E-state index contributed by atoms with van der Waals surface area (Å²) in [4.78, 5) is 11.4. The molecule has 0 fully saturated rings. The van der Waals surface area contributed by atoms with Crippen LogP contribution in [0, 0.1) is 0 Å². The highest BCUT2D eigenvalue weighted by atomic mass is 19.1. The summed E-state index contributed by atoms with van der Waals surface area (Å²) in [6.07, 6.45) is 0.588. The van der Waals surface area contributed by atoms with Gasteiger partial charge in [-0.2, -0.15) is 0 Å². The number of nitrogens with one attached hydrogen (secondary N) is 1. The van der Waals surface area contributed by atoms with Gasteiger partial charge in [-0.1, -0.05) is 18.2 Å². The van der Waals surface area contributed by atoms with Gasteiger partial charge in [0.1, 0.15) is 23.8 Å². The van der Waals surface area contributed by atoms with Crippen molar-refractivity contribution in [2.24, 2.45) is 0 Å². The molecule has 0 spiro atoms. The number of rotatable bonds is 6. The minimum absolute atomic E-state index is 0.124. The number of aliphatic hydroxyl groups excluding tert-OH is 1. The number of alkyl carbamates (subject to hydrolysis) is 1. The lowest BCUT2D eigenvalue weighted by Gasteiger charge is -2.19. The zero-order chi connectivity index (χ0) is 16.6. The number of aliphatic hydroxyl groups is 1. The Morgan fingerprint density at radius 2 is 2.05 bits per heavy atom. The summed E-state index contributed by atoms with van der Waals surface area (Å²) >= 11 is 0. The maximum Gasteiger partial charge on any atom is 0.408 e. The predicted molar refractivity (Wildman–Crippen MR) is 82.3 cm³/mol. The summed E-state index contributed by atoms with van der Waals surface area (Å²) in [6, 6.07) is 6.85. The van der Waals surface area contributed by atoms with E-state index in [-0.39, 0.29) is 19.8 Å². The molecule has 22 heavy (non-hydrogen) atoms. The SMILES string of the molecule is CC(C)(C)OC(=O)NCC(F)=Cc1ccccc1OCCO. The van der Waals surface area contributed by atoms with Crippen molar-refractivity contribution in [3.63, 3.8) is 0 Å². The number of benzene rings is 1. The molecule has 1 amide bonds. The maximum absolute atomic E-state index is 13.9. The first-order chi connectivity index (χ1) is 10.3. The molecule has 0 aliphatic carbocycles. The van der Waals surface area contributed by atoms with Crippen LogP contribution in [0.3, 0.4) is 0 Å². The number of carbonyl (C=O) groups excluding carboxylic acids is 1. The quantitative estimate of drug-likeness (QED) is 0.847. The van der Waals surface area contributed by atoms with E-state index in [4.69, 9.17) is 14.6 Å². The molecule has 2 N–H and O–H groups in total. The van der Waals surface area contributed by atoms with E-state index in [1.54, 1.807) is 45.0 Å². The third kappa shape index (κ3) is 7.08. The third-order valence-corrected chi connectivity index (χ3v) is 2.38. The van der Waals surface area contributed by atoms with E-state index in [2.05, 4.69) is 5.32 Å². The Labute approximate surface area is 129 Å².